The third-order valence-electron chi connectivity index (χ3n) is 4.17. The third-order valence-corrected chi connectivity index (χ3v) is 4.17. The summed E-state index contributed by atoms with van der Waals surface area (Å²) in [6.45, 7) is 3.70. The van der Waals surface area contributed by atoms with Crippen molar-refractivity contribution >= 4 is 12.1 Å². The van der Waals surface area contributed by atoms with E-state index < -0.39 is 11.9 Å². The van der Waals surface area contributed by atoms with Crippen LogP contribution in [0.15, 0.2) is 60.0 Å². The van der Waals surface area contributed by atoms with Crippen LogP contribution in [-0.4, -0.2) is 27.3 Å². The van der Waals surface area contributed by atoms with Crippen molar-refractivity contribution in [3.8, 4) is 11.3 Å². The predicted molar refractivity (Wildman–Crippen MR) is 104 cm³/mol. The number of nitrogens with one attached hydrogen (secondary N) is 1. The highest BCUT2D eigenvalue weighted by Gasteiger charge is 2.15. The highest BCUT2D eigenvalue weighted by molar-refractivity contribution is 5.98. The van der Waals surface area contributed by atoms with E-state index in [0.29, 0.717) is 22.5 Å². The molecule has 6 nitrogen and oxygen atoms in total. The number of aromatic nitrogens is 2. The number of aryl methyl sites for hydroxylation is 1. The van der Waals surface area contributed by atoms with Crippen molar-refractivity contribution in [2.45, 2.75) is 19.9 Å². The summed E-state index contributed by atoms with van der Waals surface area (Å²) in [6.07, 6.45) is 4.10. The van der Waals surface area contributed by atoms with Gasteiger partial charge in [-0.2, -0.15) is 0 Å². The van der Waals surface area contributed by atoms with Gasteiger partial charge in [0.25, 0.3) is 5.91 Å². The number of benzene rings is 1. The van der Waals surface area contributed by atoms with E-state index in [1.807, 2.05) is 19.1 Å². The van der Waals surface area contributed by atoms with Crippen molar-refractivity contribution < 1.29 is 14.4 Å². The van der Waals surface area contributed by atoms with E-state index in [4.69, 9.17) is 5.21 Å². The quantitative estimate of drug-likeness (QED) is 0.401. The zero-order chi connectivity index (χ0) is 20.1. The van der Waals surface area contributed by atoms with Gasteiger partial charge in [0.15, 0.2) is 0 Å². The number of halogens is 1. The third kappa shape index (κ3) is 4.56. The van der Waals surface area contributed by atoms with Gasteiger partial charge in [0, 0.05) is 17.3 Å². The van der Waals surface area contributed by atoms with Crippen LogP contribution in [0.3, 0.4) is 0 Å². The normalized spacial score (nSPS) is 12.1. The summed E-state index contributed by atoms with van der Waals surface area (Å²) in [7, 11) is 0. The molecule has 3 aromatic rings. The molecular weight excluding hydrogens is 359 g/mol. The Morgan fingerprint density at radius 2 is 2.00 bits per heavy atom. The molecule has 0 bridgehead atoms. The van der Waals surface area contributed by atoms with E-state index in [-0.39, 0.29) is 5.91 Å². The fourth-order valence-electron chi connectivity index (χ4n) is 2.71. The van der Waals surface area contributed by atoms with Crippen molar-refractivity contribution in [2.75, 3.05) is 0 Å². The van der Waals surface area contributed by atoms with Crippen LogP contribution in [0, 0.1) is 12.7 Å². The lowest BCUT2D eigenvalue weighted by molar-refractivity contribution is 0.0939. The van der Waals surface area contributed by atoms with E-state index in [0.717, 1.165) is 17.3 Å². The molecule has 1 amide bonds. The maximum absolute atomic E-state index is 13.0. The van der Waals surface area contributed by atoms with Crippen LogP contribution in [0.25, 0.3) is 11.3 Å². The average Bonchev–Trinajstić information content (AvgIpc) is 2.69. The van der Waals surface area contributed by atoms with Gasteiger partial charge in [-0.3, -0.25) is 14.8 Å². The second-order valence-corrected chi connectivity index (χ2v) is 6.41. The zero-order valence-corrected chi connectivity index (χ0v) is 15.4. The number of carbonyl (C=O) groups excluding carboxylic acids is 1. The van der Waals surface area contributed by atoms with E-state index in [9.17, 15) is 9.18 Å². The molecule has 28 heavy (non-hydrogen) atoms. The van der Waals surface area contributed by atoms with E-state index in [2.05, 4.69) is 20.4 Å². The fraction of sp³-hybridized carbons (Fsp3) is 0.143. The Balaban J connectivity index is 1.90. The Kier molecular flexibility index (Phi) is 5.74. The molecule has 0 aliphatic carbocycles. The summed E-state index contributed by atoms with van der Waals surface area (Å²) in [4.78, 5) is 21.1. The first-order chi connectivity index (χ1) is 13.5. The number of hydrogen-bond donors (Lipinski definition) is 2. The summed E-state index contributed by atoms with van der Waals surface area (Å²) in [5.41, 5.74) is 3.92. The molecule has 0 fully saturated rings. The van der Waals surface area contributed by atoms with E-state index in [1.54, 1.807) is 31.3 Å². The largest absolute Gasteiger partial charge is 0.411 e. The minimum absolute atomic E-state index is 0.333. The number of pyridine rings is 2. The van der Waals surface area contributed by atoms with Crippen LogP contribution in [0.4, 0.5) is 4.39 Å². The van der Waals surface area contributed by atoms with Crippen LogP contribution in [0.1, 0.15) is 40.1 Å². The Morgan fingerprint density at radius 3 is 2.64 bits per heavy atom. The van der Waals surface area contributed by atoms with E-state index in [1.165, 1.54) is 18.3 Å². The van der Waals surface area contributed by atoms with Gasteiger partial charge in [0.1, 0.15) is 5.82 Å². The lowest BCUT2D eigenvalue weighted by Crippen LogP contribution is -2.27. The average molecular weight is 378 g/mol. The second-order valence-electron chi connectivity index (χ2n) is 6.41. The molecule has 0 aliphatic heterocycles. The topological polar surface area (TPSA) is 87.5 Å². The van der Waals surface area contributed by atoms with Crippen LogP contribution in [-0.2, 0) is 0 Å². The molecule has 0 unspecified atom stereocenters. The molecule has 0 aliphatic rings. The van der Waals surface area contributed by atoms with Crippen LogP contribution in [0.2, 0.25) is 0 Å². The van der Waals surface area contributed by atoms with Crippen molar-refractivity contribution in [3.05, 3.63) is 83.1 Å². The molecule has 7 heteroatoms. The zero-order valence-electron chi connectivity index (χ0n) is 15.4. The summed E-state index contributed by atoms with van der Waals surface area (Å²) in [5, 5.41) is 14.8. The molecule has 2 N–H and O–H groups in total. The molecule has 2 heterocycles. The number of rotatable bonds is 5. The Morgan fingerprint density at radius 1 is 1.18 bits per heavy atom. The molecule has 142 valence electrons. The molecule has 0 saturated heterocycles. The van der Waals surface area contributed by atoms with Crippen molar-refractivity contribution in [1.82, 2.24) is 15.3 Å². The SMILES string of the molecule is Cc1ccc(-c2cc(/C=N\O)cc(C(=O)N[C@H](C)c3ccc(F)cn3)c2)nc1. The Labute approximate surface area is 161 Å². The first kappa shape index (κ1) is 19.2. The summed E-state index contributed by atoms with van der Waals surface area (Å²) in [5.74, 6) is -0.770. The smallest absolute Gasteiger partial charge is 0.251 e. The Bertz CT molecular complexity index is 1000. The lowest BCUT2D eigenvalue weighted by atomic mass is 10.0. The highest BCUT2D eigenvalue weighted by atomic mass is 19.1. The minimum Gasteiger partial charge on any atom is -0.411 e. The lowest BCUT2D eigenvalue weighted by Gasteiger charge is -2.14. The predicted octanol–water partition coefficient (Wildman–Crippen LogP) is 3.89. The number of amides is 1. The van der Waals surface area contributed by atoms with Gasteiger partial charge in [0.05, 0.1) is 29.8 Å². The molecule has 0 saturated carbocycles. The summed E-state index contributed by atoms with van der Waals surface area (Å²) in [6, 6.07) is 11.3. The second kappa shape index (κ2) is 8.39. The number of hydrogen-bond acceptors (Lipinski definition) is 5. The van der Waals surface area contributed by atoms with Crippen molar-refractivity contribution in [2.24, 2.45) is 5.16 Å². The van der Waals surface area contributed by atoms with Gasteiger partial charge in [0.2, 0.25) is 0 Å². The van der Waals surface area contributed by atoms with Crippen molar-refractivity contribution in [3.63, 3.8) is 0 Å². The first-order valence-corrected chi connectivity index (χ1v) is 8.64. The molecule has 0 radical (unpaired) electrons. The van der Waals surface area contributed by atoms with Crippen LogP contribution >= 0.6 is 0 Å². The standard InChI is InChI=1S/C21H19FN4O2/c1-13-3-5-20(23-10-13)16-7-15(11-25-28)8-17(9-16)21(27)26-14(2)19-6-4-18(22)12-24-19/h3-12,14,28H,1-2H3,(H,26,27)/b25-11-/t14-/m1/s1. The molecule has 2 aromatic heterocycles. The fourth-order valence-corrected chi connectivity index (χ4v) is 2.71. The van der Waals surface area contributed by atoms with E-state index >= 15 is 0 Å². The number of oxime groups is 1. The molecule has 1 atom stereocenters. The maximum Gasteiger partial charge on any atom is 0.251 e. The van der Waals surface area contributed by atoms with Crippen LogP contribution in [0.5, 0.6) is 0 Å². The molecule has 3 rings (SSSR count). The molecular formula is C21H19FN4O2. The van der Waals surface area contributed by atoms with Gasteiger partial charge in [-0.15, -0.1) is 0 Å². The maximum atomic E-state index is 13.0. The van der Waals surface area contributed by atoms with Gasteiger partial charge < -0.3 is 10.5 Å². The molecule has 1 aromatic carbocycles. The minimum atomic E-state index is -0.437. The van der Waals surface area contributed by atoms with Gasteiger partial charge >= 0.3 is 0 Å². The van der Waals surface area contributed by atoms with Gasteiger partial charge in [-0.25, -0.2) is 4.39 Å². The van der Waals surface area contributed by atoms with Crippen LogP contribution < -0.4 is 5.32 Å². The summed E-state index contributed by atoms with van der Waals surface area (Å²) >= 11 is 0. The Hall–Kier alpha value is -3.61. The van der Waals surface area contributed by atoms with Crippen molar-refractivity contribution in [1.29, 1.82) is 0 Å². The molecule has 0 spiro atoms. The monoisotopic (exact) mass is 378 g/mol. The van der Waals surface area contributed by atoms with Gasteiger partial charge in [-0.05, 0) is 61.4 Å². The number of carbonyl (C=O) groups is 1. The summed E-state index contributed by atoms with van der Waals surface area (Å²) < 4.78 is 13.0. The first-order valence-electron chi connectivity index (χ1n) is 8.64. The highest BCUT2D eigenvalue weighted by Crippen LogP contribution is 2.21. The number of nitrogens with zero attached hydrogens (tertiary/aromatic N) is 3. The van der Waals surface area contributed by atoms with Gasteiger partial charge in [-0.1, -0.05) is 11.2 Å².